The van der Waals surface area contributed by atoms with E-state index in [2.05, 4.69) is 19.8 Å². The molecule has 1 fully saturated rings. The van der Waals surface area contributed by atoms with Gasteiger partial charge in [0.2, 0.25) is 0 Å². The molecule has 9 nitrogen and oxygen atoms in total. The van der Waals surface area contributed by atoms with Gasteiger partial charge in [-0.05, 0) is 43.7 Å². The van der Waals surface area contributed by atoms with Crippen molar-refractivity contribution in [2.24, 2.45) is 5.73 Å². The highest BCUT2D eigenvalue weighted by Crippen LogP contribution is 2.38. The Bertz CT molecular complexity index is 1540. The molecular formula is C28H30F2N6O3. The first kappa shape index (κ1) is 26.5. The molecule has 0 bridgehead atoms. The number of fused-ring (bicyclic) bond motifs is 1. The number of rotatable bonds is 8. The molecule has 0 radical (unpaired) electrons. The number of nitrogens with one attached hydrogen (secondary N) is 1. The molecule has 39 heavy (non-hydrogen) atoms. The molecule has 1 saturated heterocycles. The predicted molar refractivity (Wildman–Crippen MR) is 145 cm³/mol. The highest BCUT2D eigenvalue weighted by molar-refractivity contribution is 6.09. The number of carbonyl (C=O) groups is 1. The van der Waals surface area contributed by atoms with Gasteiger partial charge in [0, 0.05) is 39.0 Å². The van der Waals surface area contributed by atoms with Gasteiger partial charge in [0.25, 0.3) is 5.91 Å². The summed E-state index contributed by atoms with van der Waals surface area (Å²) in [5, 5.41) is 2.86. The van der Waals surface area contributed by atoms with Crippen molar-refractivity contribution < 1.29 is 23.0 Å². The number of halogens is 2. The monoisotopic (exact) mass is 536 g/mol. The van der Waals surface area contributed by atoms with E-state index in [0.29, 0.717) is 37.4 Å². The topological polar surface area (TPSA) is 108 Å². The molecule has 2 aromatic carbocycles. The Morgan fingerprint density at radius 1 is 1.21 bits per heavy atom. The minimum absolute atomic E-state index is 0.0172. The molecule has 1 aliphatic heterocycles. The van der Waals surface area contributed by atoms with Crippen LogP contribution >= 0.6 is 0 Å². The summed E-state index contributed by atoms with van der Waals surface area (Å²) >= 11 is 0. The summed E-state index contributed by atoms with van der Waals surface area (Å²) in [5.74, 6) is -1.46. The zero-order chi connectivity index (χ0) is 27.7. The van der Waals surface area contributed by atoms with Gasteiger partial charge in [-0.3, -0.25) is 9.78 Å². The zero-order valence-electron chi connectivity index (χ0n) is 22.0. The number of hydrogen-bond acceptors (Lipinski definition) is 7. The quantitative estimate of drug-likeness (QED) is 0.349. The van der Waals surface area contributed by atoms with Crippen LogP contribution in [0.15, 0.2) is 42.6 Å². The summed E-state index contributed by atoms with van der Waals surface area (Å²) in [6, 6.07) is 9.03. The van der Waals surface area contributed by atoms with Gasteiger partial charge < -0.3 is 30.0 Å². The molecule has 1 amide bonds. The normalized spacial score (nSPS) is 15.2. The summed E-state index contributed by atoms with van der Waals surface area (Å²) in [6.07, 6.45) is 2.06. The van der Waals surface area contributed by atoms with E-state index in [1.165, 1.54) is 37.6 Å². The van der Waals surface area contributed by atoms with Gasteiger partial charge in [-0.15, -0.1) is 0 Å². The second-order valence-electron chi connectivity index (χ2n) is 9.42. The van der Waals surface area contributed by atoms with E-state index >= 15 is 4.39 Å². The maximum atomic E-state index is 15.7. The van der Waals surface area contributed by atoms with E-state index in [4.69, 9.17) is 20.2 Å². The fraction of sp³-hybridized carbons (Fsp3) is 0.321. The average molecular weight is 537 g/mol. The third-order valence-electron chi connectivity index (χ3n) is 6.96. The number of carbonyl (C=O) groups excluding carboxylic acids is 1. The van der Waals surface area contributed by atoms with Crippen LogP contribution in [-0.2, 0) is 11.3 Å². The molecule has 0 aliphatic carbocycles. The minimum atomic E-state index is -0.955. The average Bonchev–Trinajstić information content (AvgIpc) is 3.49. The molecule has 0 spiro atoms. The molecule has 0 saturated carbocycles. The lowest BCUT2D eigenvalue weighted by atomic mass is 10.1. The summed E-state index contributed by atoms with van der Waals surface area (Å²) in [4.78, 5) is 24.4. The van der Waals surface area contributed by atoms with Crippen molar-refractivity contribution in [1.82, 2.24) is 14.5 Å². The van der Waals surface area contributed by atoms with E-state index < -0.39 is 17.5 Å². The Morgan fingerprint density at radius 2 is 2.03 bits per heavy atom. The second-order valence-corrected chi connectivity index (χ2v) is 9.42. The molecule has 4 aromatic rings. The molecule has 204 valence electrons. The van der Waals surface area contributed by atoms with Crippen LogP contribution in [0.1, 0.15) is 22.6 Å². The number of amides is 1. The van der Waals surface area contributed by atoms with Gasteiger partial charge in [-0.25, -0.2) is 13.8 Å². The van der Waals surface area contributed by atoms with Crippen molar-refractivity contribution in [3.05, 3.63) is 65.6 Å². The third kappa shape index (κ3) is 4.90. The van der Waals surface area contributed by atoms with Crippen molar-refractivity contribution in [3.8, 4) is 17.0 Å². The summed E-state index contributed by atoms with van der Waals surface area (Å²) in [5.41, 5.74) is 8.25. The van der Waals surface area contributed by atoms with Gasteiger partial charge >= 0.3 is 0 Å². The van der Waals surface area contributed by atoms with Crippen LogP contribution in [-0.4, -0.2) is 60.4 Å². The first-order valence-corrected chi connectivity index (χ1v) is 12.6. The van der Waals surface area contributed by atoms with Gasteiger partial charge in [0.1, 0.15) is 28.6 Å². The lowest BCUT2D eigenvalue weighted by molar-refractivity contribution is 0.102. The first-order valence-electron chi connectivity index (χ1n) is 12.6. The fourth-order valence-electron chi connectivity index (χ4n) is 5.06. The maximum absolute atomic E-state index is 15.7. The largest absolute Gasteiger partial charge is 0.496 e. The van der Waals surface area contributed by atoms with Crippen LogP contribution in [0.5, 0.6) is 5.75 Å². The number of benzene rings is 2. The summed E-state index contributed by atoms with van der Waals surface area (Å²) < 4.78 is 42.9. The molecular weight excluding hydrogens is 506 g/mol. The van der Waals surface area contributed by atoms with Crippen LogP contribution in [0.3, 0.4) is 0 Å². The van der Waals surface area contributed by atoms with Crippen LogP contribution in [0, 0.1) is 18.6 Å². The van der Waals surface area contributed by atoms with Crippen molar-refractivity contribution in [2.45, 2.75) is 25.9 Å². The number of aromatic nitrogens is 3. The third-order valence-corrected chi connectivity index (χ3v) is 6.96. The van der Waals surface area contributed by atoms with Crippen LogP contribution in [0.2, 0.25) is 0 Å². The summed E-state index contributed by atoms with van der Waals surface area (Å²) in [6.45, 7) is 4.33. The highest BCUT2D eigenvalue weighted by atomic mass is 19.1. The maximum Gasteiger partial charge on any atom is 0.258 e. The van der Waals surface area contributed by atoms with Crippen LogP contribution in [0.4, 0.5) is 20.2 Å². The standard InChI is InChI=1S/C28H30F2N6O3/c1-16-33-25-21(36(16)13-14-38-2)8-7-20(27(25)35-12-10-17(31)15-35)34-28(37)18-9-11-32-26(24(18)30)23-19(29)5-4-6-22(23)39-3/h4-9,11,17H,10,12-15,31H2,1-3H3,(H,34,37). The fourth-order valence-corrected chi connectivity index (χ4v) is 5.06. The molecule has 1 aliphatic rings. The number of methoxy groups -OCH3 is 2. The van der Waals surface area contributed by atoms with E-state index in [0.717, 1.165) is 23.4 Å². The molecule has 1 unspecified atom stereocenters. The van der Waals surface area contributed by atoms with Crippen molar-refractivity contribution in [1.29, 1.82) is 0 Å². The number of nitrogens with two attached hydrogens (primary N) is 1. The van der Waals surface area contributed by atoms with Crippen molar-refractivity contribution in [3.63, 3.8) is 0 Å². The van der Waals surface area contributed by atoms with Crippen molar-refractivity contribution in [2.75, 3.05) is 44.1 Å². The highest BCUT2D eigenvalue weighted by Gasteiger charge is 2.28. The van der Waals surface area contributed by atoms with Gasteiger partial charge in [0.15, 0.2) is 5.82 Å². The number of hydrogen-bond donors (Lipinski definition) is 2. The molecule has 11 heteroatoms. The van der Waals surface area contributed by atoms with Gasteiger partial charge in [-0.2, -0.15) is 0 Å². The first-order chi connectivity index (χ1) is 18.8. The molecule has 1 atom stereocenters. The Morgan fingerprint density at radius 3 is 2.74 bits per heavy atom. The van der Waals surface area contributed by atoms with E-state index in [9.17, 15) is 9.18 Å². The van der Waals surface area contributed by atoms with E-state index in [1.807, 2.05) is 13.0 Å². The van der Waals surface area contributed by atoms with E-state index in [-0.39, 0.29) is 28.6 Å². The molecule has 3 heterocycles. The Balaban J connectivity index is 1.56. The van der Waals surface area contributed by atoms with Gasteiger partial charge in [0.05, 0.1) is 41.7 Å². The SMILES string of the molecule is COCCn1c(C)nc2c(N3CCC(N)C3)c(NC(=O)c3ccnc(-c4c(F)cccc4OC)c3F)ccc21. The lowest BCUT2D eigenvalue weighted by Gasteiger charge is -2.23. The number of aryl methyl sites for hydroxylation is 1. The number of ether oxygens (including phenoxy) is 2. The predicted octanol–water partition coefficient (Wildman–Crippen LogP) is 4.13. The Kier molecular flexibility index (Phi) is 7.45. The zero-order valence-corrected chi connectivity index (χ0v) is 22.0. The van der Waals surface area contributed by atoms with Gasteiger partial charge in [-0.1, -0.05) is 6.07 Å². The van der Waals surface area contributed by atoms with Crippen molar-refractivity contribution >= 4 is 28.3 Å². The van der Waals surface area contributed by atoms with Crippen LogP contribution < -0.4 is 20.7 Å². The smallest absolute Gasteiger partial charge is 0.258 e. The van der Waals surface area contributed by atoms with E-state index in [1.54, 1.807) is 13.2 Å². The number of pyridine rings is 1. The summed E-state index contributed by atoms with van der Waals surface area (Å²) in [7, 11) is 3.00. The number of anilines is 2. The molecule has 5 rings (SSSR count). The Labute approximate surface area is 224 Å². The lowest BCUT2D eigenvalue weighted by Crippen LogP contribution is -2.27. The second kappa shape index (κ2) is 11.0. The minimum Gasteiger partial charge on any atom is -0.496 e. The molecule has 2 aromatic heterocycles. The number of nitrogens with zero attached hydrogens (tertiary/aromatic N) is 4. The number of imidazole rings is 1. The Hall–Kier alpha value is -4.09. The van der Waals surface area contributed by atoms with Crippen LogP contribution in [0.25, 0.3) is 22.3 Å². The molecule has 3 N–H and O–H groups in total.